The predicted molar refractivity (Wildman–Crippen MR) is 102 cm³/mol. The molecule has 1 aromatic heterocycles. The number of alkyl halides is 2. The van der Waals surface area contributed by atoms with Crippen LogP contribution in [0.25, 0.3) is 5.69 Å². The van der Waals surface area contributed by atoms with Gasteiger partial charge in [-0.3, -0.25) is 4.57 Å². The maximum Gasteiger partial charge on any atom is 0.341 e. The van der Waals surface area contributed by atoms with Gasteiger partial charge in [0, 0.05) is 23.8 Å². The molecule has 1 heterocycles. The summed E-state index contributed by atoms with van der Waals surface area (Å²) < 4.78 is 50.1. The molecule has 0 N–H and O–H groups in total. The van der Waals surface area contributed by atoms with Gasteiger partial charge >= 0.3 is 5.76 Å². The Bertz CT molecular complexity index is 1030. The lowest BCUT2D eigenvalue weighted by Crippen LogP contribution is -2.11. The molecule has 3 rings (SSSR count). The molecule has 0 unspecified atom stereocenters. The fourth-order valence-electron chi connectivity index (χ4n) is 2.71. The Kier molecular flexibility index (Phi) is 5.67. The summed E-state index contributed by atoms with van der Waals surface area (Å²) in [6.45, 7) is 4.07. The van der Waals surface area contributed by atoms with E-state index in [0.717, 1.165) is 27.5 Å². The first-order valence-electron chi connectivity index (χ1n) is 8.13. The number of rotatable bonds is 6. The number of hydrogen-bond donors (Lipinski definition) is 0. The molecule has 27 heavy (non-hydrogen) atoms. The van der Waals surface area contributed by atoms with E-state index in [-0.39, 0.29) is 4.90 Å². The third-order valence-corrected chi connectivity index (χ3v) is 6.38. The molecular formula is C19H18F2N2O2S2. The van der Waals surface area contributed by atoms with Crippen molar-refractivity contribution >= 4 is 21.6 Å². The highest BCUT2D eigenvalue weighted by Crippen LogP contribution is 2.26. The molecule has 8 heteroatoms. The zero-order chi connectivity index (χ0) is 19.6. The van der Waals surface area contributed by atoms with Gasteiger partial charge < -0.3 is 0 Å². The fraction of sp³-hybridized carbons (Fsp3) is 0.211. The monoisotopic (exact) mass is 408 g/mol. The SMILES string of the molecule is Cc1cc(C)cc(-n2ccnc2SCc2ccc(S(=O)(=O)C(F)F)cc2)c1. The van der Waals surface area contributed by atoms with Crippen LogP contribution < -0.4 is 0 Å². The van der Waals surface area contributed by atoms with Crippen LogP contribution in [0.4, 0.5) is 8.78 Å². The van der Waals surface area contributed by atoms with E-state index in [2.05, 4.69) is 23.2 Å². The van der Waals surface area contributed by atoms with Gasteiger partial charge in [0.1, 0.15) is 0 Å². The van der Waals surface area contributed by atoms with Gasteiger partial charge in [-0.05, 0) is 54.8 Å². The normalized spacial score (nSPS) is 11.9. The maximum absolute atomic E-state index is 12.6. The summed E-state index contributed by atoms with van der Waals surface area (Å²) in [5.74, 6) is -2.88. The maximum atomic E-state index is 12.6. The van der Waals surface area contributed by atoms with Gasteiger partial charge in [-0.1, -0.05) is 30.0 Å². The lowest BCUT2D eigenvalue weighted by Gasteiger charge is -2.10. The molecule has 0 atom stereocenters. The quantitative estimate of drug-likeness (QED) is 0.551. The number of nitrogens with zero attached hydrogens (tertiary/aromatic N) is 2. The zero-order valence-electron chi connectivity index (χ0n) is 14.8. The van der Waals surface area contributed by atoms with Crippen molar-refractivity contribution < 1.29 is 17.2 Å². The van der Waals surface area contributed by atoms with Crippen LogP contribution in [0.15, 0.2) is 64.9 Å². The molecule has 0 saturated carbocycles. The van der Waals surface area contributed by atoms with Crippen LogP contribution >= 0.6 is 11.8 Å². The Labute approximate surface area is 161 Å². The Morgan fingerprint density at radius 1 is 1.07 bits per heavy atom. The first-order valence-corrected chi connectivity index (χ1v) is 10.7. The predicted octanol–water partition coefficient (Wildman–Crippen LogP) is 4.78. The second-order valence-electron chi connectivity index (χ2n) is 6.16. The third kappa shape index (κ3) is 4.39. The van der Waals surface area contributed by atoms with Crippen molar-refractivity contribution in [3.05, 3.63) is 71.5 Å². The standard InChI is InChI=1S/C19H18F2N2O2S2/c1-13-9-14(2)11-16(10-13)23-8-7-22-19(23)26-12-15-3-5-17(6-4-15)27(24,25)18(20)21/h3-11,18H,12H2,1-2H3. The smallest absolute Gasteiger partial charge is 0.295 e. The van der Waals surface area contributed by atoms with Crippen molar-refractivity contribution in [1.82, 2.24) is 9.55 Å². The number of aromatic nitrogens is 2. The highest BCUT2D eigenvalue weighted by molar-refractivity contribution is 7.98. The van der Waals surface area contributed by atoms with Gasteiger partial charge in [0.25, 0.3) is 0 Å². The molecule has 0 spiro atoms. The number of imidazole rings is 1. The van der Waals surface area contributed by atoms with Gasteiger partial charge in [0.2, 0.25) is 9.84 Å². The van der Waals surface area contributed by atoms with Crippen molar-refractivity contribution in [3.8, 4) is 5.69 Å². The Morgan fingerprint density at radius 3 is 2.30 bits per heavy atom. The molecule has 3 aromatic rings. The van der Waals surface area contributed by atoms with Crippen LogP contribution in [0.2, 0.25) is 0 Å². The van der Waals surface area contributed by atoms with Crippen molar-refractivity contribution in [3.63, 3.8) is 0 Å². The molecule has 0 aliphatic heterocycles. The van der Waals surface area contributed by atoms with E-state index in [4.69, 9.17) is 0 Å². The number of sulfone groups is 1. The van der Waals surface area contributed by atoms with E-state index in [1.54, 1.807) is 18.3 Å². The molecule has 0 aliphatic rings. The molecule has 0 radical (unpaired) electrons. The molecular weight excluding hydrogens is 390 g/mol. The first kappa shape index (κ1) is 19.6. The average Bonchev–Trinajstić information content (AvgIpc) is 3.08. The minimum Gasteiger partial charge on any atom is -0.295 e. The largest absolute Gasteiger partial charge is 0.341 e. The number of hydrogen-bond acceptors (Lipinski definition) is 4. The van der Waals surface area contributed by atoms with Crippen molar-refractivity contribution in [2.45, 2.75) is 35.4 Å². The lowest BCUT2D eigenvalue weighted by atomic mass is 10.1. The van der Waals surface area contributed by atoms with Gasteiger partial charge in [0.15, 0.2) is 5.16 Å². The van der Waals surface area contributed by atoms with Crippen LogP contribution in [-0.2, 0) is 15.6 Å². The summed E-state index contributed by atoms with van der Waals surface area (Å²) in [6, 6.07) is 11.8. The highest BCUT2D eigenvalue weighted by atomic mass is 32.2. The zero-order valence-corrected chi connectivity index (χ0v) is 16.4. The molecule has 0 fully saturated rings. The number of aryl methyl sites for hydroxylation is 2. The second-order valence-corrected chi connectivity index (χ2v) is 9.02. The summed E-state index contributed by atoms with van der Waals surface area (Å²) in [5.41, 5.74) is 4.16. The molecule has 0 aliphatic carbocycles. The van der Waals surface area contributed by atoms with Crippen molar-refractivity contribution in [2.24, 2.45) is 0 Å². The summed E-state index contributed by atoms with van der Waals surface area (Å²) in [7, 11) is -4.56. The summed E-state index contributed by atoms with van der Waals surface area (Å²) in [5, 5.41) is 0.796. The van der Waals surface area contributed by atoms with E-state index in [9.17, 15) is 17.2 Å². The molecule has 142 valence electrons. The topological polar surface area (TPSA) is 52.0 Å². The van der Waals surface area contributed by atoms with Crippen LogP contribution in [0.1, 0.15) is 16.7 Å². The molecule has 0 saturated heterocycles. The van der Waals surface area contributed by atoms with Crippen LogP contribution in [0.5, 0.6) is 0 Å². The van der Waals surface area contributed by atoms with E-state index in [1.165, 1.54) is 23.9 Å². The Balaban J connectivity index is 1.76. The lowest BCUT2D eigenvalue weighted by molar-refractivity contribution is 0.234. The second kappa shape index (κ2) is 7.82. The molecule has 0 amide bonds. The summed E-state index contributed by atoms with van der Waals surface area (Å²) >= 11 is 1.49. The van der Waals surface area contributed by atoms with Crippen LogP contribution in [0.3, 0.4) is 0 Å². The van der Waals surface area contributed by atoms with Crippen molar-refractivity contribution in [2.75, 3.05) is 0 Å². The molecule has 2 aromatic carbocycles. The van der Waals surface area contributed by atoms with Gasteiger partial charge in [-0.15, -0.1) is 0 Å². The summed E-state index contributed by atoms with van der Waals surface area (Å²) in [6.07, 6.45) is 3.60. The summed E-state index contributed by atoms with van der Waals surface area (Å²) in [4.78, 5) is 4.01. The van der Waals surface area contributed by atoms with Gasteiger partial charge in [-0.2, -0.15) is 8.78 Å². The highest BCUT2D eigenvalue weighted by Gasteiger charge is 2.26. The third-order valence-electron chi connectivity index (χ3n) is 3.95. The minimum atomic E-state index is -4.56. The van der Waals surface area contributed by atoms with Crippen LogP contribution in [0, 0.1) is 13.8 Å². The molecule has 0 bridgehead atoms. The number of halogens is 2. The average molecular weight is 408 g/mol. The Morgan fingerprint density at radius 2 is 1.70 bits per heavy atom. The van der Waals surface area contributed by atoms with Gasteiger partial charge in [0.05, 0.1) is 4.90 Å². The first-order chi connectivity index (χ1) is 12.8. The fourth-order valence-corrected chi connectivity index (χ4v) is 4.36. The minimum absolute atomic E-state index is 0.372. The van der Waals surface area contributed by atoms with E-state index < -0.39 is 15.6 Å². The number of benzene rings is 2. The number of thioether (sulfide) groups is 1. The molecule has 4 nitrogen and oxygen atoms in total. The van der Waals surface area contributed by atoms with E-state index >= 15 is 0 Å². The van der Waals surface area contributed by atoms with Crippen LogP contribution in [-0.4, -0.2) is 23.7 Å². The van der Waals surface area contributed by atoms with E-state index in [1.807, 2.05) is 24.6 Å². The van der Waals surface area contributed by atoms with Crippen molar-refractivity contribution in [1.29, 1.82) is 0 Å². The Hall–Kier alpha value is -2.19. The van der Waals surface area contributed by atoms with E-state index in [0.29, 0.717) is 5.75 Å². The van der Waals surface area contributed by atoms with Gasteiger partial charge in [-0.25, -0.2) is 13.4 Å².